The number of rotatable bonds is 4. The maximum absolute atomic E-state index is 13.5. The van der Waals surface area contributed by atoms with Gasteiger partial charge in [-0.1, -0.05) is 59.6 Å². The van der Waals surface area contributed by atoms with E-state index in [0.29, 0.717) is 0 Å². The largest absolute Gasteiger partial charge is 0.337 e. The van der Waals surface area contributed by atoms with Crippen molar-refractivity contribution in [3.05, 3.63) is 91.2 Å². The van der Waals surface area contributed by atoms with Crippen LogP contribution >= 0.6 is 23.2 Å². The molecule has 0 radical (unpaired) electrons. The molecule has 0 N–H and O–H groups in total. The van der Waals surface area contributed by atoms with E-state index in [-0.39, 0.29) is 33.3 Å². The summed E-state index contributed by atoms with van der Waals surface area (Å²) >= 11 is 12.5. The molecule has 0 aliphatic rings. The van der Waals surface area contributed by atoms with Gasteiger partial charge >= 0.3 is 5.69 Å². The average molecular weight is 477 g/mol. The zero-order valence-corrected chi connectivity index (χ0v) is 18.3. The Morgan fingerprint density at radius 3 is 2.23 bits per heavy atom. The Hall–Kier alpha value is -3.01. The van der Waals surface area contributed by atoms with E-state index in [4.69, 9.17) is 23.2 Å². The molecule has 0 unspecified atom stereocenters. The first-order valence-corrected chi connectivity index (χ1v) is 11.5. The summed E-state index contributed by atoms with van der Waals surface area (Å²) in [5, 5.41) is -0.343. The van der Waals surface area contributed by atoms with Gasteiger partial charge in [-0.3, -0.25) is 9.36 Å². The highest BCUT2D eigenvalue weighted by molar-refractivity contribution is 7.90. The fraction of sp³-hybridized carbons (Fsp3) is 0.100. The lowest BCUT2D eigenvalue weighted by Crippen LogP contribution is -2.40. The lowest BCUT2D eigenvalue weighted by Gasteiger charge is -2.15. The van der Waals surface area contributed by atoms with Gasteiger partial charge in [0.05, 0.1) is 22.3 Å². The highest BCUT2D eigenvalue weighted by Gasteiger charge is 2.22. The van der Waals surface area contributed by atoms with Crippen molar-refractivity contribution in [3.8, 4) is 5.69 Å². The van der Waals surface area contributed by atoms with Crippen molar-refractivity contribution >= 4 is 44.1 Å². The molecule has 2 aromatic heterocycles. The highest BCUT2D eigenvalue weighted by Crippen LogP contribution is 2.26. The summed E-state index contributed by atoms with van der Waals surface area (Å²) in [6.07, 6.45) is 2.03. The highest BCUT2D eigenvalue weighted by atomic mass is 35.5. The van der Waals surface area contributed by atoms with Gasteiger partial charge in [0.1, 0.15) is 5.39 Å². The molecular weight excluding hydrogens is 463 g/mol. The van der Waals surface area contributed by atoms with Gasteiger partial charge in [0.15, 0.2) is 5.65 Å². The van der Waals surface area contributed by atoms with E-state index >= 15 is 0 Å². The number of sulfone groups is 1. The fourth-order valence-corrected chi connectivity index (χ4v) is 4.18. The van der Waals surface area contributed by atoms with Gasteiger partial charge in [0.25, 0.3) is 5.56 Å². The van der Waals surface area contributed by atoms with Crippen LogP contribution in [0.25, 0.3) is 16.7 Å². The second kappa shape index (κ2) is 7.92. The molecule has 0 aliphatic carbocycles. The lowest BCUT2D eigenvalue weighted by atomic mass is 10.2. The number of hydrogen-bond donors (Lipinski definition) is 0. The van der Waals surface area contributed by atoms with E-state index in [2.05, 4.69) is 9.97 Å². The molecule has 0 fully saturated rings. The third kappa shape index (κ3) is 3.87. The third-order valence-corrected chi connectivity index (χ3v) is 6.00. The lowest BCUT2D eigenvalue weighted by molar-refractivity contribution is 0.592. The number of aromatic nitrogens is 4. The second-order valence-corrected chi connectivity index (χ2v) is 9.45. The van der Waals surface area contributed by atoms with Crippen LogP contribution in [-0.2, 0) is 16.4 Å². The Morgan fingerprint density at radius 2 is 1.61 bits per heavy atom. The summed E-state index contributed by atoms with van der Waals surface area (Å²) in [5.74, 6) is 0. The van der Waals surface area contributed by atoms with Crippen LogP contribution in [0.5, 0.6) is 0 Å². The Labute approximate surface area is 186 Å². The Morgan fingerprint density at radius 1 is 0.968 bits per heavy atom. The number of fused-ring (bicyclic) bond motifs is 1. The normalized spacial score (nSPS) is 11.7. The predicted octanol–water partition coefficient (Wildman–Crippen LogP) is 2.70. The van der Waals surface area contributed by atoms with Crippen LogP contribution in [0.15, 0.2) is 69.5 Å². The molecule has 0 saturated heterocycles. The summed E-state index contributed by atoms with van der Waals surface area (Å²) < 4.78 is 26.0. The van der Waals surface area contributed by atoms with E-state index in [9.17, 15) is 18.0 Å². The van der Waals surface area contributed by atoms with Gasteiger partial charge in [-0.25, -0.2) is 22.8 Å². The Kier molecular flexibility index (Phi) is 5.42. The molecule has 4 aromatic rings. The number of para-hydroxylation sites is 1. The van der Waals surface area contributed by atoms with E-state index in [1.54, 1.807) is 30.3 Å². The molecule has 4 rings (SSSR count). The molecule has 2 heterocycles. The quantitative estimate of drug-likeness (QED) is 0.419. The number of benzene rings is 2. The van der Waals surface area contributed by atoms with E-state index < -0.39 is 26.2 Å². The fourth-order valence-electron chi connectivity index (χ4n) is 3.12. The van der Waals surface area contributed by atoms with E-state index in [1.165, 1.54) is 16.7 Å². The first-order chi connectivity index (χ1) is 14.7. The molecule has 2 aromatic carbocycles. The van der Waals surface area contributed by atoms with Crippen molar-refractivity contribution in [1.29, 1.82) is 0 Å². The molecule has 158 valence electrons. The maximum atomic E-state index is 13.5. The maximum Gasteiger partial charge on any atom is 0.337 e. The topological polar surface area (TPSA) is 104 Å². The molecule has 0 atom stereocenters. The van der Waals surface area contributed by atoms with Gasteiger partial charge in [0, 0.05) is 12.5 Å². The zero-order chi connectivity index (χ0) is 22.3. The second-order valence-electron chi connectivity index (χ2n) is 6.73. The first-order valence-electron chi connectivity index (χ1n) is 8.89. The average Bonchev–Trinajstić information content (AvgIpc) is 2.73. The van der Waals surface area contributed by atoms with Crippen molar-refractivity contribution in [2.75, 3.05) is 6.26 Å². The van der Waals surface area contributed by atoms with Crippen LogP contribution in [0.1, 0.15) is 5.56 Å². The predicted molar refractivity (Wildman–Crippen MR) is 118 cm³/mol. The smallest absolute Gasteiger partial charge is 0.272 e. The Bertz CT molecular complexity index is 1530. The minimum Gasteiger partial charge on any atom is -0.272 e. The van der Waals surface area contributed by atoms with Crippen LogP contribution < -0.4 is 11.2 Å². The van der Waals surface area contributed by atoms with Crippen molar-refractivity contribution in [2.45, 2.75) is 11.7 Å². The van der Waals surface area contributed by atoms with Crippen molar-refractivity contribution in [1.82, 2.24) is 19.1 Å². The minimum atomic E-state index is -3.77. The zero-order valence-electron chi connectivity index (χ0n) is 16.0. The van der Waals surface area contributed by atoms with Crippen molar-refractivity contribution < 1.29 is 8.42 Å². The van der Waals surface area contributed by atoms with Crippen molar-refractivity contribution in [3.63, 3.8) is 0 Å². The molecule has 31 heavy (non-hydrogen) atoms. The van der Waals surface area contributed by atoms with Gasteiger partial charge in [0.2, 0.25) is 15.0 Å². The number of halogens is 2. The molecule has 0 amide bonds. The molecule has 0 bridgehead atoms. The van der Waals surface area contributed by atoms with Crippen molar-refractivity contribution in [2.24, 2.45) is 0 Å². The van der Waals surface area contributed by atoms with Crippen LogP contribution in [-0.4, -0.2) is 33.8 Å². The molecule has 0 saturated carbocycles. The van der Waals surface area contributed by atoms with Gasteiger partial charge in [-0.05, 0) is 17.7 Å². The third-order valence-electron chi connectivity index (χ3n) is 4.53. The van der Waals surface area contributed by atoms with Crippen LogP contribution in [0.2, 0.25) is 10.0 Å². The standard InChI is InChI=1S/C20H14Cl2N4O4S/c1-31(29,30)19-23-10-13-17(24-19)25(11-12-6-3-2-4-7-12)20(28)26(18(13)27)16-14(21)8-5-9-15(16)22/h2-10H,11H2,1H3. The molecule has 8 nitrogen and oxygen atoms in total. The summed E-state index contributed by atoms with van der Waals surface area (Å²) in [6, 6.07) is 13.6. The van der Waals surface area contributed by atoms with Crippen LogP contribution in [0.3, 0.4) is 0 Å². The summed E-state index contributed by atoms with van der Waals surface area (Å²) in [6.45, 7) is 0.0265. The Balaban J connectivity index is 2.15. The number of hydrogen-bond acceptors (Lipinski definition) is 6. The first kappa shape index (κ1) is 21.2. The van der Waals surface area contributed by atoms with Crippen LogP contribution in [0.4, 0.5) is 0 Å². The van der Waals surface area contributed by atoms with Gasteiger partial charge in [-0.2, -0.15) is 4.98 Å². The molecule has 0 aliphatic heterocycles. The van der Waals surface area contributed by atoms with Crippen LogP contribution in [0, 0.1) is 0 Å². The monoisotopic (exact) mass is 476 g/mol. The summed E-state index contributed by atoms with van der Waals surface area (Å²) in [4.78, 5) is 34.5. The molecule has 0 spiro atoms. The SMILES string of the molecule is CS(=O)(=O)c1ncc2c(=O)n(-c3c(Cl)cccc3Cl)c(=O)n(Cc3ccccc3)c2n1. The van der Waals surface area contributed by atoms with Gasteiger partial charge < -0.3 is 0 Å². The number of nitrogens with zero attached hydrogens (tertiary/aromatic N) is 4. The summed E-state index contributed by atoms with van der Waals surface area (Å²) in [7, 11) is -3.77. The molecular formula is C20H14Cl2N4O4S. The summed E-state index contributed by atoms with van der Waals surface area (Å²) in [5.41, 5.74) is -0.875. The molecule has 11 heteroatoms. The van der Waals surface area contributed by atoms with Gasteiger partial charge in [-0.15, -0.1) is 0 Å². The van der Waals surface area contributed by atoms with E-state index in [0.717, 1.165) is 22.6 Å². The van der Waals surface area contributed by atoms with E-state index in [1.807, 2.05) is 6.07 Å². The minimum absolute atomic E-state index is 0.0248.